The minimum Gasteiger partial charge on any atom is -0.230 e. The largest absolute Gasteiger partial charge is 0.230 e. The molecule has 4 heteroatoms. The van der Waals surface area contributed by atoms with Crippen molar-refractivity contribution < 1.29 is 4.39 Å². The molecule has 0 aliphatic rings. The van der Waals surface area contributed by atoms with E-state index in [4.69, 9.17) is 0 Å². The third-order valence-electron chi connectivity index (χ3n) is 1.34. The number of nitrogens with zero attached hydrogens (tertiary/aromatic N) is 1. The lowest BCUT2D eigenvalue weighted by Crippen LogP contribution is -1.71. The molecule has 0 atom stereocenters. The molecule has 0 spiro atoms. The maximum absolute atomic E-state index is 13.0. The molecule has 0 N–H and O–H groups in total. The van der Waals surface area contributed by atoms with Gasteiger partial charge in [0.15, 0.2) is 3.01 Å². The zero-order valence-electron chi connectivity index (χ0n) is 5.34. The quantitative estimate of drug-likeness (QED) is 0.675. The SMILES string of the molecule is Fc1cccc2nc(I)sc12. The summed E-state index contributed by atoms with van der Waals surface area (Å²) in [6.45, 7) is 0. The van der Waals surface area contributed by atoms with Crippen molar-refractivity contribution in [1.29, 1.82) is 0 Å². The lowest BCUT2D eigenvalue weighted by Gasteiger charge is -1.86. The van der Waals surface area contributed by atoms with Crippen molar-refractivity contribution in [3.63, 3.8) is 0 Å². The van der Waals surface area contributed by atoms with Gasteiger partial charge in [-0.25, -0.2) is 9.37 Å². The van der Waals surface area contributed by atoms with Gasteiger partial charge in [0.1, 0.15) is 5.82 Å². The van der Waals surface area contributed by atoms with Gasteiger partial charge in [-0.1, -0.05) is 6.07 Å². The Morgan fingerprint density at radius 3 is 3.00 bits per heavy atom. The smallest absolute Gasteiger partial charge is 0.155 e. The number of halogens is 2. The monoisotopic (exact) mass is 279 g/mol. The highest BCUT2D eigenvalue weighted by atomic mass is 127. The van der Waals surface area contributed by atoms with E-state index in [1.165, 1.54) is 17.4 Å². The molecule has 1 aromatic heterocycles. The average molecular weight is 279 g/mol. The van der Waals surface area contributed by atoms with E-state index in [-0.39, 0.29) is 5.82 Å². The predicted octanol–water partition coefficient (Wildman–Crippen LogP) is 3.04. The summed E-state index contributed by atoms with van der Waals surface area (Å²) in [6, 6.07) is 4.95. The number of aromatic nitrogens is 1. The van der Waals surface area contributed by atoms with Crippen molar-refractivity contribution >= 4 is 44.1 Å². The molecule has 0 saturated carbocycles. The van der Waals surface area contributed by atoms with Crippen LogP contribution in [0.2, 0.25) is 0 Å². The van der Waals surface area contributed by atoms with E-state index in [9.17, 15) is 4.39 Å². The molecular weight excluding hydrogens is 276 g/mol. The highest BCUT2D eigenvalue weighted by Gasteiger charge is 2.04. The van der Waals surface area contributed by atoms with Gasteiger partial charge < -0.3 is 0 Å². The molecule has 1 nitrogen and oxygen atoms in total. The van der Waals surface area contributed by atoms with Gasteiger partial charge in [-0.3, -0.25) is 0 Å². The molecule has 11 heavy (non-hydrogen) atoms. The molecule has 0 aliphatic heterocycles. The fourth-order valence-electron chi connectivity index (χ4n) is 0.888. The van der Waals surface area contributed by atoms with Crippen LogP contribution in [0.25, 0.3) is 10.2 Å². The first-order chi connectivity index (χ1) is 5.27. The summed E-state index contributed by atoms with van der Waals surface area (Å²) < 4.78 is 14.5. The molecule has 1 heterocycles. The van der Waals surface area contributed by atoms with Crippen molar-refractivity contribution in [2.24, 2.45) is 0 Å². The summed E-state index contributed by atoms with van der Waals surface area (Å²) in [5.41, 5.74) is 0.749. The van der Waals surface area contributed by atoms with Crippen LogP contribution in [-0.4, -0.2) is 4.98 Å². The maximum atomic E-state index is 13.0. The van der Waals surface area contributed by atoms with E-state index >= 15 is 0 Å². The topological polar surface area (TPSA) is 12.9 Å². The number of fused-ring (bicyclic) bond motifs is 1. The van der Waals surface area contributed by atoms with Crippen LogP contribution >= 0.6 is 33.9 Å². The van der Waals surface area contributed by atoms with Crippen LogP contribution in [-0.2, 0) is 0 Å². The maximum Gasteiger partial charge on any atom is 0.155 e. The highest BCUT2D eigenvalue weighted by Crippen LogP contribution is 2.25. The first-order valence-electron chi connectivity index (χ1n) is 2.98. The minimum absolute atomic E-state index is 0.178. The van der Waals surface area contributed by atoms with E-state index in [0.29, 0.717) is 4.70 Å². The molecule has 0 saturated heterocycles. The van der Waals surface area contributed by atoms with E-state index in [1.54, 1.807) is 6.07 Å². The Bertz CT molecular complexity index is 398. The Morgan fingerprint density at radius 1 is 1.45 bits per heavy atom. The van der Waals surface area contributed by atoms with Gasteiger partial charge in [0.25, 0.3) is 0 Å². The lowest BCUT2D eigenvalue weighted by molar-refractivity contribution is 0.641. The van der Waals surface area contributed by atoms with E-state index in [0.717, 1.165) is 8.53 Å². The van der Waals surface area contributed by atoms with Crippen molar-refractivity contribution in [3.05, 3.63) is 27.0 Å². The second-order valence-electron chi connectivity index (χ2n) is 2.05. The highest BCUT2D eigenvalue weighted by molar-refractivity contribution is 14.1. The predicted molar refractivity (Wildman–Crippen MR) is 52.3 cm³/mol. The first kappa shape index (κ1) is 7.42. The van der Waals surface area contributed by atoms with Crippen LogP contribution in [0.4, 0.5) is 4.39 Å². The summed E-state index contributed by atoms with van der Waals surface area (Å²) in [5.74, 6) is -0.178. The normalized spacial score (nSPS) is 10.7. The van der Waals surface area contributed by atoms with Gasteiger partial charge in [0.2, 0.25) is 0 Å². The van der Waals surface area contributed by atoms with Crippen LogP contribution in [0.1, 0.15) is 0 Å². The summed E-state index contributed by atoms with van der Waals surface area (Å²) in [6.07, 6.45) is 0. The van der Waals surface area contributed by atoms with E-state index < -0.39 is 0 Å². The second kappa shape index (κ2) is 2.67. The zero-order valence-corrected chi connectivity index (χ0v) is 8.32. The molecule has 0 unspecified atom stereocenters. The molecule has 1 aromatic carbocycles. The summed E-state index contributed by atoms with van der Waals surface area (Å²) >= 11 is 3.47. The van der Waals surface area contributed by atoms with Gasteiger partial charge in [0, 0.05) is 0 Å². The summed E-state index contributed by atoms with van der Waals surface area (Å²) in [7, 11) is 0. The van der Waals surface area contributed by atoms with Crippen LogP contribution in [0, 0.1) is 8.83 Å². The van der Waals surface area contributed by atoms with E-state index in [2.05, 4.69) is 27.6 Å². The Balaban J connectivity index is 2.90. The molecule has 2 rings (SSSR count). The van der Waals surface area contributed by atoms with Crippen LogP contribution < -0.4 is 0 Å². The second-order valence-corrected chi connectivity index (χ2v) is 4.81. The van der Waals surface area contributed by atoms with Crippen LogP contribution in [0.3, 0.4) is 0 Å². The van der Waals surface area contributed by atoms with Gasteiger partial charge >= 0.3 is 0 Å². The molecule has 0 radical (unpaired) electrons. The summed E-state index contributed by atoms with van der Waals surface area (Å²) in [5, 5.41) is 0. The fraction of sp³-hybridized carbons (Fsp3) is 0. The van der Waals surface area contributed by atoms with Gasteiger partial charge in [-0.05, 0) is 34.7 Å². The molecule has 2 aromatic rings. The fourth-order valence-corrected chi connectivity index (χ4v) is 2.50. The number of benzene rings is 1. The van der Waals surface area contributed by atoms with Crippen molar-refractivity contribution in [3.8, 4) is 0 Å². The molecule has 0 fully saturated rings. The van der Waals surface area contributed by atoms with Crippen LogP contribution in [0.5, 0.6) is 0 Å². The Morgan fingerprint density at radius 2 is 2.27 bits per heavy atom. The zero-order chi connectivity index (χ0) is 7.84. The lowest BCUT2D eigenvalue weighted by atomic mass is 10.3. The Hall–Kier alpha value is -0.230. The molecule has 0 amide bonds. The number of thiazole rings is 1. The molecule has 0 aliphatic carbocycles. The first-order valence-corrected chi connectivity index (χ1v) is 4.87. The molecular formula is C7H3FINS. The van der Waals surface area contributed by atoms with Crippen molar-refractivity contribution in [2.75, 3.05) is 0 Å². The van der Waals surface area contributed by atoms with Gasteiger partial charge in [0.05, 0.1) is 10.2 Å². The standard InChI is InChI=1S/C7H3FINS/c8-4-2-1-3-5-6(4)11-7(9)10-5/h1-3H. The molecule has 0 bridgehead atoms. The molecule has 56 valence electrons. The van der Waals surface area contributed by atoms with Crippen molar-refractivity contribution in [1.82, 2.24) is 4.98 Å². The average Bonchev–Trinajstić information content (AvgIpc) is 2.31. The summed E-state index contributed by atoms with van der Waals surface area (Å²) in [4.78, 5) is 4.14. The minimum atomic E-state index is -0.178. The van der Waals surface area contributed by atoms with Crippen LogP contribution in [0.15, 0.2) is 18.2 Å². The van der Waals surface area contributed by atoms with E-state index in [1.807, 2.05) is 6.07 Å². The Kier molecular flexibility index (Phi) is 1.80. The number of hydrogen-bond donors (Lipinski definition) is 0. The third kappa shape index (κ3) is 1.24. The number of rotatable bonds is 0. The van der Waals surface area contributed by atoms with Gasteiger partial charge in [-0.15, -0.1) is 11.3 Å². The van der Waals surface area contributed by atoms with Gasteiger partial charge in [-0.2, -0.15) is 0 Å². The Labute approximate surface area is 80.4 Å². The third-order valence-corrected chi connectivity index (χ3v) is 3.11. The number of hydrogen-bond acceptors (Lipinski definition) is 2. The van der Waals surface area contributed by atoms with Crippen molar-refractivity contribution in [2.45, 2.75) is 0 Å².